The fraction of sp³-hybridized carbons (Fsp3) is 0.265. The lowest BCUT2D eigenvalue weighted by Crippen LogP contribution is -2.36. The predicted molar refractivity (Wildman–Crippen MR) is 172 cm³/mol. The highest BCUT2D eigenvalue weighted by atomic mass is 16.7. The summed E-state index contributed by atoms with van der Waals surface area (Å²) in [6.07, 6.45) is 0.820. The number of methoxy groups -OCH3 is 2. The summed E-state index contributed by atoms with van der Waals surface area (Å²) in [5.41, 5.74) is 1.81. The summed E-state index contributed by atoms with van der Waals surface area (Å²) in [4.78, 5) is 51.1. The van der Waals surface area contributed by atoms with Crippen LogP contribution in [0.15, 0.2) is 67.2 Å². The van der Waals surface area contributed by atoms with Gasteiger partial charge in [0.25, 0.3) is 5.91 Å². The van der Waals surface area contributed by atoms with Crippen LogP contribution in [0.2, 0.25) is 0 Å². The number of carbonyl (C=O) groups excluding carboxylic acids is 4. The van der Waals surface area contributed by atoms with E-state index < -0.39 is 29.5 Å². The minimum atomic E-state index is -0.757. The van der Waals surface area contributed by atoms with Gasteiger partial charge in [0.05, 0.1) is 31.5 Å². The lowest BCUT2D eigenvalue weighted by molar-refractivity contribution is -0.0436. The molecule has 0 heterocycles. The summed E-state index contributed by atoms with van der Waals surface area (Å²) in [5.74, 6) is -2.11. The molecule has 12 nitrogen and oxygen atoms in total. The minimum absolute atomic E-state index is 0.0398. The van der Waals surface area contributed by atoms with Gasteiger partial charge in [-0.05, 0) is 79.9 Å². The van der Waals surface area contributed by atoms with Crippen molar-refractivity contribution in [1.29, 1.82) is 5.41 Å². The van der Waals surface area contributed by atoms with Gasteiger partial charge < -0.3 is 29.0 Å². The van der Waals surface area contributed by atoms with E-state index in [2.05, 4.69) is 17.2 Å². The van der Waals surface area contributed by atoms with Gasteiger partial charge in [-0.15, -0.1) is 0 Å². The van der Waals surface area contributed by atoms with Gasteiger partial charge in [-0.1, -0.05) is 30.9 Å². The molecule has 12 heteroatoms. The number of benzene rings is 3. The standard InChI is InChI=1S/C34H37N3O9/c1-7-21-8-14-25(26-15-11-23(19-28(26)32(40)43-6)31(39)45-20-44-17-16-42-5)27(18-21)30(38)36-24-12-9-22(10-13-24)29(35)37-33(41)46-34(2,3)4/h7-15,18-19H,1,16-17,20H2,2-6H3,(H,36,38)(H2,35,37,41). The molecule has 0 saturated carbocycles. The van der Waals surface area contributed by atoms with Crippen LogP contribution in [0.3, 0.4) is 0 Å². The summed E-state index contributed by atoms with van der Waals surface area (Å²) >= 11 is 0. The van der Waals surface area contributed by atoms with E-state index in [4.69, 9.17) is 29.1 Å². The Morgan fingerprint density at radius 3 is 2.13 bits per heavy atom. The molecule has 0 bridgehead atoms. The van der Waals surface area contributed by atoms with Crippen LogP contribution in [0.1, 0.15) is 63.0 Å². The third-order valence-electron chi connectivity index (χ3n) is 6.24. The Morgan fingerprint density at radius 1 is 0.848 bits per heavy atom. The predicted octanol–water partition coefficient (Wildman–Crippen LogP) is 5.66. The third kappa shape index (κ3) is 9.84. The average molecular weight is 632 g/mol. The summed E-state index contributed by atoms with van der Waals surface area (Å²) in [6, 6.07) is 15.6. The maximum Gasteiger partial charge on any atom is 0.413 e. The number of anilines is 1. The number of ether oxygens (including phenoxy) is 5. The zero-order chi connectivity index (χ0) is 33.9. The topological polar surface area (TPSA) is 162 Å². The smallest absolute Gasteiger partial charge is 0.413 e. The van der Waals surface area contributed by atoms with E-state index in [1.807, 2.05) is 0 Å². The Kier molecular flexibility index (Phi) is 12.3. The van der Waals surface area contributed by atoms with Crippen LogP contribution in [0.5, 0.6) is 0 Å². The first-order valence-corrected chi connectivity index (χ1v) is 14.1. The Morgan fingerprint density at radius 2 is 1.50 bits per heavy atom. The number of nitrogens with one attached hydrogen (secondary N) is 3. The van der Waals surface area contributed by atoms with Gasteiger partial charge >= 0.3 is 18.0 Å². The largest absolute Gasteiger partial charge is 0.465 e. The Hall–Kier alpha value is -5.33. The van der Waals surface area contributed by atoms with Crippen molar-refractivity contribution < 1.29 is 42.9 Å². The highest BCUT2D eigenvalue weighted by Crippen LogP contribution is 2.31. The first-order chi connectivity index (χ1) is 21.9. The molecule has 3 aromatic rings. The van der Waals surface area contributed by atoms with E-state index in [1.165, 1.54) is 32.4 Å². The van der Waals surface area contributed by atoms with Crippen LogP contribution in [0, 0.1) is 5.41 Å². The summed E-state index contributed by atoms with van der Waals surface area (Å²) < 4.78 is 25.3. The number of carbonyl (C=O) groups is 4. The molecule has 0 aliphatic carbocycles. The second-order valence-corrected chi connectivity index (χ2v) is 10.7. The van der Waals surface area contributed by atoms with E-state index in [9.17, 15) is 19.2 Å². The molecule has 0 aliphatic heterocycles. The number of amidine groups is 1. The van der Waals surface area contributed by atoms with E-state index in [1.54, 1.807) is 69.3 Å². The molecule has 46 heavy (non-hydrogen) atoms. The molecule has 0 aromatic heterocycles. The zero-order valence-corrected chi connectivity index (χ0v) is 26.4. The quantitative estimate of drug-likeness (QED) is 0.0571. The van der Waals surface area contributed by atoms with Crippen molar-refractivity contribution in [2.75, 3.05) is 39.5 Å². The lowest BCUT2D eigenvalue weighted by Gasteiger charge is -2.19. The van der Waals surface area contributed by atoms with E-state index in [0.717, 1.165) is 0 Å². The number of hydrogen-bond acceptors (Lipinski definition) is 10. The molecule has 3 rings (SSSR count). The van der Waals surface area contributed by atoms with Crippen molar-refractivity contribution in [2.45, 2.75) is 26.4 Å². The van der Waals surface area contributed by atoms with E-state index in [-0.39, 0.29) is 35.9 Å². The SMILES string of the molecule is C=Cc1ccc(-c2ccc(C(=O)OCOCCOC)cc2C(=O)OC)c(C(=O)Nc2ccc(C(=N)NC(=O)OC(C)(C)C)cc2)c1. The number of amides is 2. The lowest BCUT2D eigenvalue weighted by atomic mass is 9.92. The first kappa shape index (κ1) is 35.2. The van der Waals surface area contributed by atoms with Crippen LogP contribution in [0.25, 0.3) is 17.2 Å². The number of rotatable bonds is 12. The van der Waals surface area contributed by atoms with Gasteiger partial charge in [0, 0.05) is 23.9 Å². The summed E-state index contributed by atoms with van der Waals surface area (Å²) in [7, 11) is 2.73. The monoisotopic (exact) mass is 631 g/mol. The third-order valence-corrected chi connectivity index (χ3v) is 6.24. The molecular formula is C34H37N3O9. The molecule has 0 unspecified atom stereocenters. The minimum Gasteiger partial charge on any atom is -0.465 e. The molecular weight excluding hydrogens is 594 g/mol. The molecule has 242 valence electrons. The normalized spacial score (nSPS) is 10.8. The van der Waals surface area contributed by atoms with Crippen LogP contribution in [-0.4, -0.2) is 69.6 Å². The number of hydrogen-bond donors (Lipinski definition) is 3. The second kappa shape index (κ2) is 16.1. The van der Waals surface area contributed by atoms with Crippen LogP contribution < -0.4 is 10.6 Å². The van der Waals surface area contributed by atoms with Gasteiger partial charge in [-0.3, -0.25) is 15.5 Å². The zero-order valence-electron chi connectivity index (χ0n) is 26.4. The molecule has 0 aliphatic rings. The van der Waals surface area contributed by atoms with Gasteiger partial charge in [-0.2, -0.15) is 0 Å². The fourth-order valence-corrected chi connectivity index (χ4v) is 4.07. The maximum atomic E-state index is 13.6. The molecule has 0 radical (unpaired) electrons. The molecule has 0 fully saturated rings. The van der Waals surface area contributed by atoms with Crippen molar-refractivity contribution in [3.05, 3.63) is 95.1 Å². The van der Waals surface area contributed by atoms with Crippen molar-refractivity contribution in [1.82, 2.24) is 5.32 Å². The Bertz CT molecular complexity index is 1610. The van der Waals surface area contributed by atoms with Crippen LogP contribution in [0.4, 0.5) is 10.5 Å². The van der Waals surface area contributed by atoms with Crippen molar-refractivity contribution in [3.8, 4) is 11.1 Å². The van der Waals surface area contributed by atoms with Crippen molar-refractivity contribution >= 4 is 41.5 Å². The molecule has 2 amide bonds. The number of alkyl carbamates (subject to hydrolysis) is 1. The van der Waals surface area contributed by atoms with Gasteiger partial charge in [0.2, 0.25) is 0 Å². The first-order valence-electron chi connectivity index (χ1n) is 14.1. The molecule has 0 saturated heterocycles. The average Bonchev–Trinajstić information content (AvgIpc) is 3.02. The van der Waals surface area contributed by atoms with Gasteiger partial charge in [0.15, 0.2) is 6.79 Å². The maximum absolute atomic E-state index is 13.6. The summed E-state index contributed by atoms with van der Waals surface area (Å²) in [5, 5.41) is 13.4. The van der Waals surface area contributed by atoms with Gasteiger partial charge in [-0.25, -0.2) is 14.4 Å². The molecule has 0 atom stereocenters. The fourth-order valence-electron chi connectivity index (χ4n) is 4.07. The van der Waals surface area contributed by atoms with Crippen LogP contribution in [-0.2, 0) is 23.7 Å². The van der Waals surface area contributed by atoms with Crippen LogP contribution >= 0.6 is 0 Å². The highest BCUT2D eigenvalue weighted by molar-refractivity contribution is 6.11. The second-order valence-electron chi connectivity index (χ2n) is 10.7. The van der Waals surface area contributed by atoms with Gasteiger partial charge in [0.1, 0.15) is 11.4 Å². The van der Waals surface area contributed by atoms with E-state index in [0.29, 0.717) is 34.5 Å². The molecule has 0 spiro atoms. The van der Waals surface area contributed by atoms with Crippen molar-refractivity contribution in [2.24, 2.45) is 0 Å². The summed E-state index contributed by atoms with van der Waals surface area (Å²) in [6.45, 7) is 9.21. The Labute approximate surface area is 267 Å². The molecule has 3 aromatic carbocycles. The van der Waals surface area contributed by atoms with E-state index >= 15 is 0 Å². The highest BCUT2D eigenvalue weighted by Gasteiger charge is 2.22. The molecule has 3 N–H and O–H groups in total. The van der Waals surface area contributed by atoms with Crippen molar-refractivity contribution in [3.63, 3.8) is 0 Å². The Balaban J connectivity index is 1.87. The number of esters is 2.